The fourth-order valence-electron chi connectivity index (χ4n) is 0. The van der Waals surface area contributed by atoms with E-state index >= 15 is 0 Å². The third-order valence-electron chi connectivity index (χ3n) is 0. The summed E-state index contributed by atoms with van der Waals surface area (Å²) < 4.78 is 0. The van der Waals surface area contributed by atoms with E-state index in [1.807, 2.05) is 0 Å². The summed E-state index contributed by atoms with van der Waals surface area (Å²) in [7, 11) is 0. The molecule has 0 unspecified atom stereocenters. The van der Waals surface area contributed by atoms with Crippen molar-refractivity contribution in [3.05, 3.63) is 0 Å². The second kappa shape index (κ2) is 43.1. The molecule has 6 heteroatoms. The molecule has 0 saturated heterocycles. The van der Waals surface area contributed by atoms with E-state index in [0.29, 0.717) is 0 Å². The summed E-state index contributed by atoms with van der Waals surface area (Å²) in [5, 5.41) is 0. The molecule has 0 aliphatic carbocycles. The minimum absolute atomic E-state index is 0. The maximum atomic E-state index is 0. The van der Waals surface area contributed by atoms with Gasteiger partial charge < -0.3 is 49.6 Å². The van der Waals surface area contributed by atoms with Gasteiger partial charge in [0.25, 0.3) is 0 Å². The summed E-state index contributed by atoms with van der Waals surface area (Å²) >= 11 is 0. The summed E-state index contributed by atoms with van der Waals surface area (Å²) in [6.07, 6.45) is 0. The van der Waals surface area contributed by atoms with E-state index < -0.39 is 0 Å². The molecular formula is HCl4NaZr. The second-order valence-electron chi connectivity index (χ2n) is 0. The predicted molar refractivity (Wildman–Crippen MR) is 7.15 cm³/mol. The van der Waals surface area contributed by atoms with Crippen LogP contribution >= 0.6 is 0 Å². The van der Waals surface area contributed by atoms with Crippen LogP contribution in [0.4, 0.5) is 0 Å². The normalized spacial score (nSPS) is 0. The summed E-state index contributed by atoms with van der Waals surface area (Å²) in [6.45, 7) is 0. The van der Waals surface area contributed by atoms with Gasteiger partial charge in [-0.3, -0.25) is 0 Å². The summed E-state index contributed by atoms with van der Waals surface area (Å²) in [4.78, 5) is 0. The Hall–Kier alpha value is 3.04. The van der Waals surface area contributed by atoms with Gasteiger partial charge in [0.1, 0.15) is 0 Å². The first-order chi connectivity index (χ1) is 0. The number of rotatable bonds is 0. The van der Waals surface area contributed by atoms with Crippen molar-refractivity contribution in [1.29, 1.82) is 0 Å². The predicted octanol–water partition coefficient (Wildman–Crippen LogP) is -12.6. The molecule has 0 radical (unpaired) electrons. The molecule has 0 N–H and O–H groups in total. The molecule has 0 aliphatic heterocycles. The van der Waals surface area contributed by atoms with Crippen molar-refractivity contribution in [2.75, 3.05) is 0 Å². The number of hydrogen-bond donors (Lipinski definition) is 0. The zero-order valence-electron chi connectivity index (χ0n) is 2.01. The van der Waals surface area contributed by atoms with Gasteiger partial charge in [-0.05, 0) is 0 Å². The third kappa shape index (κ3) is 27.8. The zero-order valence-corrected chi connectivity index (χ0v) is 7.49. The maximum Gasteiger partial charge on any atom is 4.00 e. The topological polar surface area (TPSA) is 0 Å². The molecule has 0 amide bonds. The van der Waals surface area contributed by atoms with Crippen LogP contribution in [0.15, 0.2) is 0 Å². The Bertz CT molecular complexity index is 7.51. The fourth-order valence-corrected chi connectivity index (χ4v) is 0. The fraction of sp³-hybridized carbons (Fsp3) is 0. The van der Waals surface area contributed by atoms with Gasteiger partial charge in [0.2, 0.25) is 0 Å². The van der Waals surface area contributed by atoms with Gasteiger partial charge in [0, 0.05) is 0 Å². The van der Waals surface area contributed by atoms with E-state index in [0.717, 1.165) is 0 Å². The van der Waals surface area contributed by atoms with Crippen LogP contribution in [-0.2, 0) is 26.2 Å². The van der Waals surface area contributed by atoms with Crippen molar-refractivity contribution < 1.29 is 75.8 Å². The molecule has 0 saturated carbocycles. The van der Waals surface area contributed by atoms with Crippen LogP contribution < -0.4 is 49.6 Å². The van der Waals surface area contributed by atoms with E-state index in [2.05, 4.69) is 0 Å². The summed E-state index contributed by atoms with van der Waals surface area (Å²) in [5.74, 6) is 0. The zero-order chi connectivity index (χ0) is 0. The Labute approximate surface area is 104 Å². The number of halogens is 4. The van der Waals surface area contributed by atoms with Gasteiger partial charge in [-0.2, -0.15) is 0 Å². The van der Waals surface area contributed by atoms with Crippen LogP contribution in [0.5, 0.6) is 0 Å². The van der Waals surface area contributed by atoms with Crippen LogP contribution in [0.1, 0.15) is 0 Å². The van der Waals surface area contributed by atoms with Gasteiger partial charge in [-0.25, -0.2) is 0 Å². The SMILES string of the molecule is [Cl-].[Cl-].[Cl-].[Cl-].[NaH].[Zr+4]. The van der Waals surface area contributed by atoms with Crippen LogP contribution in [0, 0.1) is 0 Å². The molecule has 0 heterocycles. The Balaban J connectivity index is 0. The maximum absolute atomic E-state index is 0. The van der Waals surface area contributed by atoms with Crippen molar-refractivity contribution in [2.45, 2.75) is 0 Å². The Morgan fingerprint density at radius 1 is 0.500 bits per heavy atom. The van der Waals surface area contributed by atoms with Gasteiger partial charge in [-0.1, -0.05) is 0 Å². The number of hydrogen-bond acceptors (Lipinski definition) is 0. The van der Waals surface area contributed by atoms with Crippen LogP contribution in [0.3, 0.4) is 0 Å². The average molecular weight is 257 g/mol. The molecule has 0 aromatic heterocycles. The van der Waals surface area contributed by atoms with Crippen molar-refractivity contribution in [3.8, 4) is 0 Å². The molecule has 0 aromatic carbocycles. The second-order valence-corrected chi connectivity index (χ2v) is 0. The summed E-state index contributed by atoms with van der Waals surface area (Å²) in [5.41, 5.74) is 0. The van der Waals surface area contributed by atoms with E-state index in [4.69, 9.17) is 0 Å². The molecule has 0 aromatic rings. The Morgan fingerprint density at radius 3 is 0.500 bits per heavy atom. The van der Waals surface area contributed by atoms with Gasteiger partial charge >= 0.3 is 55.8 Å². The van der Waals surface area contributed by atoms with Crippen LogP contribution in [0.25, 0.3) is 0 Å². The molecule has 34 valence electrons. The first-order valence-electron chi connectivity index (χ1n) is 0. The van der Waals surface area contributed by atoms with Gasteiger partial charge in [0.15, 0.2) is 0 Å². The average Bonchev–Trinajstić information content (AvgIpc) is 0. The molecule has 0 nitrogen and oxygen atoms in total. The van der Waals surface area contributed by atoms with Gasteiger partial charge in [0.05, 0.1) is 0 Å². The minimum Gasteiger partial charge on any atom is 4.00 e. The monoisotopic (exact) mass is 254 g/mol. The van der Waals surface area contributed by atoms with Crippen molar-refractivity contribution in [1.82, 2.24) is 0 Å². The molecular weight excluding hydrogens is 256 g/mol. The van der Waals surface area contributed by atoms with Crippen LogP contribution in [-0.4, -0.2) is 29.6 Å². The third-order valence-corrected chi connectivity index (χ3v) is 0. The Kier molecular flexibility index (Phi) is 454. The van der Waals surface area contributed by atoms with E-state index in [-0.39, 0.29) is 105 Å². The quantitative estimate of drug-likeness (QED) is 0.378. The standard InChI is InChI=1S/4ClH.Na.Zr.H/h4*1H;;;/q;;;;;+4;/p-4. The van der Waals surface area contributed by atoms with Crippen LogP contribution in [0.2, 0.25) is 0 Å². The largest absolute Gasteiger partial charge is 4.00 e. The molecule has 0 spiro atoms. The molecule has 0 atom stereocenters. The first-order valence-corrected chi connectivity index (χ1v) is 0. The molecule has 0 rings (SSSR count). The van der Waals surface area contributed by atoms with E-state index in [1.165, 1.54) is 0 Å². The molecule has 0 bridgehead atoms. The molecule has 0 aliphatic rings. The van der Waals surface area contributed by atoms with E-state index in [1.54, 1.807) is 0 Å². The van der Waals surface area contributed by atoms with Crippen molar-refractivity contribution in [2.24, 2.45) is 0 Å². The molecule has 0 fully saturated rings. The van der Waals surface area contributed by atoms with E-state index in [9.17, 15) is 0 Å². The molecule has 6 heavy (non-hydrogen) atoms. The summed E-state index contributed by atoms with van der Waals surface area (Å²) in [6, 6.07) is 0. The minimum atomic E-state index is 0. The smallest absolute Gasteiger partial charge is 4.00 e. The first kappa shape index (κ1) is 63.2. The van der Waals surface area contributed by atoms with Crippen molar-refractivity contribution >= 4 is 29.6 Å². The Morgan fingerprint density at radius 2 is 0.500 bits per heavy atom. The van der Waals surface area contributed by atoms with Gasteiger partial charge in [-0.15, -0.1) is 0 Å². The van der Waals surface area contributed by atoms with Crippen molar-refractivity contribution in [3.63, 3.8) is 0 Å².